The van der Waals surface area contributed by atoms with Crippen LogP contribution in [0.25, 0.3) is 0 Å². The van der Waals surface area contributed by atoms with E-state index < -0.39 is 58.2 Å². The van der Waals surface area contributed by atoms with E-state index in [1.165, 1.54) is 0 Å². The first kappa shape index (κ1) is 17.8. The summed E-state index contributed by atoms with van der Waals surface area (Å²) < 4.78 is 87.5. The van der Waals surface area contributed by atoms with E-state index in [4.69, 9.17) is 14.8 Å². The predicted octanol–water partition coefficient (Wildman–Crippen LogP) is -0.891. The van der Waals surface area contributed by atoms with Gasteiger partial charge >= 0.3 is 10.4 Å². The minimum atomic E-state index is -4.80. The lowest BCUT2D eigenvalue weighted by Gasteiger charge is -2.09. The maximum atomic E-state index is 11.9. The molecule has 0 fully saturated rings. The third kappa shape index (κ3) is 4.90. The molecule has 0 unspecified atom stereocenters. The molecule has 120 valence electrons. The summed E-state index contributed by atoms with van der Waals surface area (Å²) in [6.07, 6.45) is 0. The molecule has 4 N–H and O–H groups in total. The molecule has 1 aromatic rings. The van der Waals surface area contributed by atoms with Gasteiger partial charge in [0.25, 0.3) is 10.1 Å². The van der Waals surface area contributed by atoms with Crippen LogP contribution in [0.2, 0.25) is 0 Å². The van der Waals surface area contributed by atoms with E-state index in [0.29, 0.717) is 0 Å². The second-order valence-electron chi connectivity index (χ2n) is 3.71. The molecular weight excluding hydrogens is 350 g/mol. The molecule has 0 saturated carbocycles. The third-order valence-electron chi connectivity index (χ3n) is 2.22. The lowest BCUT2D eigenvalue weighted by Crippen LogP contribution is -2.17. The van der Waals surface area contributed by atoms with E-state index in [1.54, 1.807) is 0 Å². The standard InChI is InChI=1S/C8H11NO9S3/c9-8-6(2-1-3-7(8)20(12,13)14)19(10,11)5-4-18-21(15,16)17/h1-3H,4-5,9H2,(H,12,13,14)(H,15,16,17). The third-order valence-corrected chi connectivity index (χ3v) is 5.33. The average molecular weight is 361 g/mol. The molecule has 0 radical (unpaired) electrons. The summed E-state index contributed by atoms with van der Waals surface area (Å²) in [5.41, 5.74) is 4.68. The van der Waals surface area contributed by atoms with E-state index in [-0.39, 0.29) is 0 Å². The monoisotopic (exact) mass is 361 g/mol. The van der Waals surface area contributed by atoms with Gasteiger partial charge in [0, 0.05) is 0 Å². The minimum absolute atomic E-state index is 0.614. The predicted molar refractivity (Wildman–Crippen MR) is 70.2 cm³/mol. The van der Waals surface area contributed by atoms with Crippen molar-refractivity contribution in [2.75, 3.05) is 18.1 Å². The van der Waals surface area contributed by atoms with Crippen molar-refractivity contribution in [3.63, 3.8) is 0 Å². The van der Waals surface area contributed by atoms with Crippen molar-refractivity contribution in [3.8, 4) is 0 Å². The van der Waals surface area contributed by atoms with Crippen LogP contribution < -0.4 is 5.73 Å². The molecule has 0 amide bonds. The Morgan fingerprint density at radius 3 is 2.00 bits per heavy atom. The van der Waals surface area contributed by atoms with Gasteiger partial charge in [-0.3, -0.25) is 9.11 Å². The molecular formula is C8H11NO9S3. The van der Waals surface area contributed by atoms with Crippen molar-refractivity contribution in [1.82, 2.24) is 0 Å². The molecule has 0 aliphatic rings. The van der Waals surface area contributed by atoms with Crippen LogP contribution in [0.4, 0.5) is 5.69 Å². The number of nitrogens with two attached hydrogens (primary N) is 1. The Kier molecular flexibility index (Phi) is 4.97. The Labute approximate surface area is 121 Å². The Bertz CT molecular complexity index is 839. The van der Waals surface area contributed by atoms with Crippen molar-refractivity contribution in [2.24, 2.45) is 0 Å². The van der Waals surface area contributed by atoms with Gasteiger partial charge in [0.05, 0.1) is 22.9 Å². The minimum Gasteiger partial charge on any atom is -0.397 e. The molecule has 0 spiro atoms. The van der Waals surface area contributed by atoms with Crippen molar-refractivity contribution < 1.29 is 38.5 Å². The molecule has 1 aromatic carbocycles. The molecule has 0 saturated heterocycles. The molecule has 0 aromatic heterocycles. The lowest BCUT2D eigenvalue weighted by molar-refractivity contribution is 0.284. The van der Waals surface area contributed by atoms with Crippen LogP contribution in [0.15, 0.2) is 28.0 Å². The molecule has 21 heavy (non-hydrogen) atoms. The molecule has 10 nitrogen and oxygen atoms in total. The van der Waals surface area contributed by atoms with Gasteiger partial charge < -0.3 is 5.73 Å². The SMILES string of the molecule is Nc1c(S(=O)(=O)O)cccc1S(=O)(=O)CCOS(=O)(=O)O. The molecule has 0 heterocycles. The number of hydrogen-bond acceptors (Lipinski definition) is 8. The Hall–Kier alpha value is -1.25. The second-order valence-corrected chi connectivity index (χ2v) is 8.27. The topological polar surface area (TPSA) is 178 Å². The summed E-state index contributed by atoms with van der Waals surface area (Å²) in [5, 5.41) is 0. The van der Waals surface area contributed by atoms with Crippen LogP contribution in [0.3, 0.4) is 0 Å². The highest BCUT2D eigenvalue weighted by molar-refractivity contribution is 7.91. The summed E-state index contributed by atoms with van der Waals surface area (Å²) >= 11 is 0. The first-order valence-corrected chi connectivity index (χ1v) is 9.51. The van der Waals surface area contributed by atoms with E-state index in [9.17, 15) is 25.3 Å². The Morgan fingerprint density at radius 1 is 1.00 bits per heavy atom. The normalized spacial score (nSPS) is 13.2. The maximum Gasteiger partial charge on any atom is 0.397 e. The van der Waals surface area contributed by atoms with Gasteiger partial charge in [-0.15, -0.1) is 0 Å². The van der Waals surface area contributed by atoms with Crippen molar-refractivity contribution in [3.05, 3.63) is 18.2 Å². The highest BCUT2D eigenvalue weighted by atomic mass is 32.3. The maximum absolute atomic E-state index is 11.9. The van der Waals surface area contributed by atoms with Crippen LogP contribution >= 0.6 is 0 Å². The van der Waals surface area contributed by atoms with Crippen LogP contribution in [-0.4, -0.2) is 46.7 Å². The largest absolute Gasteiger partial charge is 0.397 e. The Balaban J connectivity index is 3.16. The summed E-state index contributed by atoms with van der Waals surface area (Å²) in [5.74, 6) is -0.883. The van der Waals surface area contributed by atoms with Crippen molar-refractivity contribution in [2.45, 2.75) is 9.79 Å². The average Bonchev–Trinajstić information content (AvgIpc) is 2.25. The van der Waals surface area contributed by atoms with Gasteiger partial charge in [0.15, 0.2) is 9.84 Å². The number of hydrogen-bond donors (Lipinski definition) is 3. The fourth-order valence-corrected chi connectivity index (χ4v) is 3.74. The van der Waals surface area contributed by atoms with Gasteiger partial charge in [-0.2, -0.15) is 16.8 Å². The smallest absolute Gasteiger partial charge is 0.397 e. The zero-order valence-electron chi connectivity index (χ0n) is 10.2. The number of rotatable bonds is 6. The van der Waals surface area contributed by atoms with Gasteiger partial charge in [-0.1, -0.05) is 6.07 Å². The zero-order chi connectivity index (χ0) is 16.5. The van der Waals surface area contributed by atoms with E-state index in [1.807, 2.05) is 0 Å². The van der Waals surface area contributed by atoms with E-state index in [2.05, 4.69) is 4.18 Å². The summed E-state index contributed by atoms with van der Waals surface area (Å²) in [4.78, 5) is -1.41. The van der Waals surface area contributed by atoms with E-state index >= 15 is 0 Å². The summed E-state index contributed by atoms with van der Waals surface area (Å²) in [6.45, 7) is -0.892. The van der Waals surface area contributed by atoms with Crippen LogP contribution in [0.1, 0.15) is 0 Å². The quantitative estimate of drug-likeness (QED) is 0.425. The van der Waals surface area contributed by atoms with Crippen LogP contribution in [0.5, 0.6) is 0 Å². The highest BCUT2D eigenvalue weighted by Gasteiger charge is 2.24. The number of sulfone groups is 1. The fourth-order valence-electron chi connectivity index (χ4n) is 1.38. The first-order chi connectivity index (χ1) is 9.34. The van der Waals surface area contributed by atoms with Gasteiger partial charge in [0.1, 0.15) is 4.90 Å². The molecule has 0 bridgehead atoms. The summed E-state index contributed by atoms with van der Waals surface area (Å²) in [6, 6.07) is 2.92. The molecule has 0 atom stereocenters. The summed E-state index contributed by atoms with van der Waals surface area (Å²) in [7, 11) is -13.7. The fraction of sp³-hybridized carbons (Fsp3) is 0.250. The van der Waals surface area contributed by atoms with Crippen molar-refractivity contribution in [1.29, 1.82) is 0 Å². The molecule has 0 aliphatic carbocycles. The molecule has 1 rings (SSSR count). The number of benzene rings is 1. The molecule has 0 aliphatic heterocycles. The van der Waals surface area contributed by atoms with Gasteiger partial charge in [-0.25, -0.2) is 12.6 Å². The van der Waals surface area contributed by atoms with Gasteiger partial charge in [-0.05, 0) is 12.1 Å². The number of nitrogen functional groups attached to an aromatic ring is 1. The van der Waals surface area contributed by atoms with E-state index in [0.717, 1.165) is 18.2 Å². The highest BCUT2D eigenvalue weighted by Crippen LogP contribution is 2.26. The number of para-hydroxylation sites is 1. The molecule has 13 heteroatoms. The number of anilines is 1. The van der Waals surface area contributed by atoms with Crippen molar-refractivity contribution >= 4 is 36.0 Å². The zero-order valence-corrected chi connectivity index (χ0v) is 12.7. The van der Waals surface area contributed by atoms with Crippen LogP contribution in [-0.2, 0) is 34.5 Å². The first-order valence-electron chi connectivity index (χ1n) is 5.05. The second kappa shape index (κ2) is 5.86. The van der Waals surface area contributed by atoms with Crippen LogP contribution in [0, 0.1) is 0 Å². The Morgan fingerprint density at radius 2 is 1.52 bits per heavy atom. The van der Waals surface area contributed by atoms with Gasteiger partial charge in [0.2, 0.25) is 0 Å². The lowest BCUT2D eigenvalue weighted by atomic mass is 10.3.